The van der Waals surface area contributed by atoms with E-state index in [1.807, 2.05) is 0 Å². The first-order chi connectivity index (χ1) is 8.71. The van der Waals surface area contributed by atoms with E-state index in [-0.39, 0.29) is 24.7 Å². The smallest absolute Gasteiger partial charge is 0.249 e. The monoisotopic (exact) mass is 258 g/mol. The Morgan fingerprint density at radius 2 is 2.28 bits per heavy atom. The van der Waals surface area contributed by atoms with Gasteiger partial charge >= 0.3 is 0 Å². The Bertz CT molecular complexity index is 242. The zero-order chi connectivity index (χ0) is 13.4. The molecule has 0 spiro atoms. The number of carbonyl (C=O) groups is 1. The van der Waals surface area contributed by atoms with Crippen molar-refractivity contribution in [2.24, 2.45) is 11.7 Å². The highest BCUT2D eigenvalue weighted by Crippen LogP contribution is 2.19. The molecule has 1 aliphatic rings. The van der Waals surface area contributed by atoms with Crippen molar-refractivity contribution in [2.45, 2.75) is 51.2 Å². The molecule has 0 aromatic heterocycles. The molecule has 0 aromatic carbocycles. The molecule has 106 valence electrons. The summed E-state index contributed by atoms with van der Waals surface area (Å²) in [7, 11) is 0. The predicted octanol–water partition coefficient (Wildman–Crippen LogP) is 0.408. The molecule has 4 N–H and O–H groups in total. The SMILES string of the molecule is CCCC(CCO)CNC(=O)C1CCC(CN)O1. The minimum absolute atomic E-state index is 0.0321. The largest absolute Gasteiger partial charge is 0.396 e. The maximum absolute atomic E-state index is 11.9. The second-order valence-electron chi connectivity index (χ2n) is 4.97. The molecule has 0 bridgehead atoms. The fourth-order valence-electron chi connectivity index (χ4n) is 2.37. The quantitative estimate of drug-likeness (QED) is 0.588. The number of hydrogen-bond acceptors (Lipinski definition) is 4. The number of aliphatic hydroxyl groups is 1. The summed E-state index contributed by atoms with van der Waals surface area (Å²) in [5.41, 5.74) is 5.51. The summed E-state index contributed by atoms with van der Waals surface area (Å²) in [6.07, 6.45) is 4.15. The summed E-state index contributed by atoms with van der Waals surface area (Å²) in [6.45, 7) is 3.39. The lowest BCUT2D eigenvalue weighted by molar-refractivity contribution is -0.132. The zero-order valence-corrected chi connectivity index (χ0v) is 11.2. The summed E-state index contributed by atoms with van der Waals surface area (Å²) in [4.78, 5) is 11.9. The van der Waals surface area contributed by atoms with Crippen LogP contribution in [0.3, 0.4) is 0 Å². The van der Waals surface area contributed by atoms with E-state index in [0.29, 0.717) is 19.0 Å². The predicted molar refractivity (Wildman–Crippen MR) is 70.1 cm³/mol. The van der Waals surface area contributed by atoms with E-state index in [1.54, 1.807) is 0 Å². The van der Waals surface area contributed by atoms with Crippen LogP contribution in [0.4, 0.5) is 0 Å². The van der Waals surface area contributed by atoms with Gasteiger partial charge in [-0.15, -0.1) is 0 Å². The first-order valence-electron chi connectivity index (χ1n) is 6.95. The molecule has 0 aromatic rings. The molecule has 1 aliphatic heterocycles. The number of nitrogens with two attached hydrogens (primary N) is 1. The van der Waals surface area contributed by atoms with Gasteiger partial charge in [0.1, 0.15) is 6.10 Å². The number of amides is 1. The Hall–Kier alpha value is -0.650. The van der Waals surface area contributed by atoms with Crippen LogP contribution in [0.2, 0.25) is 0 Å². The third-order valence-electron chi connectivity index (χ3n) is 3.46. The van der Waals surface area contributed by atoms with Crippen molar-refractivity contribution < 1.29 is 14.6 Å². The summed E-state index contributed by atoms with van der Waals surface area (Å²) >= 11 is 0. The lowest BCUT2D eigenvalue weighted by atomic mass is 10.00. The van der Waals surface area contributed by atoms with E-state index in [0.717, 1.165) is 32.1 Å². The molecule has 1 fully saturated rings. The van der Waals surface area contributed by atoms with Crippen LogP contribution in [-0.4, -0.2) is 42.9 Å². The maximum atomic E-state index is 11.9. The summed E-state index contributed by atoms with van der Waals surface area (Å²) < 4.78 is 5.54. The number of carbonyl (C=O) groups excluding carboxylic acids is 1. The number of ether oxygens (including phenoxy) is 1. The van der Waals surface area contributed by atoms with Crippen molar-refractivity contribution >= 4 is 5.91 Å². The molecule has 0 radical (unpaired) electrons. The molecular formula is C13H26N2O3. The molecule has 1 rings (SSSR count). The Morgan fingerprint density at radius 1 is 1.50 bits per heavy atom. The highest BCUT2D eigenvalue weighted by Gasteiger charge is 2.29. The van der Waals surface area contributed by atoms with Crippen LogP contribution in [0.1, 0.15) is 39.0 Å². The van der Waals surface area contributed by atoms with Crippen LogP contribution in [0.15, 0.2) is 0 Å². The van der Waals surface area contributed by atoms with E-state index in [1.165, 1.54) is 0 Å². The van der Waals surface area contributed by atoms with Crippen molar-refractivity contribution in [1.82, 2.24) is 5.32 Å². The van der Waals surface area contributed by atoms with E-state index in [2.05, 4.69) is 12.2 Å². The van der Waals surface area contributed by atoms with Crippen LogP contribution in [-0.2, 0) is 9.53 Å². The van der Waals surface area contributed by atoms with E-state index < -0.39 is 0 Å². The number of aliphatic hydroxyl groups excluding tert-OH is 1. The minimum atomic E-state index is -0.338. The Kier molecular flexibility index (Phi) is 7.23. The Balaban J connectivity index is 2.27. The minimum Gasteiger partial charge on any atom is -0.396 e. The Morgan fingerprint density at radius 3 is 2.83 bits per heavy atom. The van der Waals surface area contributed by atoms with Crippen molar-refractivity contribution in [3.63, 3.8) is 0 Å². The summed E-state index contributed by atoms with van der Waals surface area (Å²) in [5.74, 6) is 0.320. The second-order valence-corrected chi connectivity index (χ2v) is 4.97. The van der Waals surface area contributed by atoms with Gasteiger partial charge in [0.25, 0.3) is 0 Å². The third-order valence-corrected chi connectivity index (χ3v) is 3.46. The van der Waals surface area contributed by atoms with E-state index in [9.17, 15) is 4.79 Å². The molecule has 1 heterocycles. The van der Waals surface area contributed by atoms with Gasteiger partial charge in [-0.25, -0.2) is 0 Å². The van der Waals surface area contributed by atoms with Crippen LogP contribution < -0.4 is 11.1 Å². The average molecular weight is 258 g/mol. The van der Waals surface area contributed by atoms with Gasteiger partial charge in [0.15, 0.2) is 0 Å². The highest BCUT2D eigenvalue weighted by molar-refractivity contribution is 5.81. The van der Waals surface area contributed by atoms with Crippen LogP contribution >= 0.6 is 0 Å². The van der Waals surface area contributed by atoms with Crippen LogP contribution in [0, 0.1) is 5.92 Å². The van der Waals surface area contributed by atoms with Gasteiger partial charge in [-0.3, -0.25) is 4.79 Å². The molecule has 18 heavy (non-hydrogen) atoms. The van der Waals surface area contributed by atoms with Gasteiger partial charge in [-0.2, -0.15) is 0 Å². The van der Waals surface area contributed by atoms with Gasteiger partial charge in [0.05, 0.1) is 6.10 Å². The van der Waals surface area contributed by atoms with Crippen LogP contribution in [0.5, 0.6) is 0 Å². The lowest BCUT2D eigenvalue weighted by Crippen LogP contribution is -2.38. The number of rotatable bonds is 8. The topological polar surface area (TPSA) is 84.6 Å². The third kappa shape index (κ3) is 4.92. The first kappa shape index (κ1) is 15.4. The Labute approximate surface area is 109 Å². The number of nitrogens with one attached hydrogen (secondary N) is 1. The summed E-state index contributed by atoms with van der Waals surface area (Å²) in [5, 5.41) is 11.9. The van der Waals surface area contributed by atoms with Gasteiger partial charge in [-0.1, -0.05) is 13.3 Å². The fourth-order valence-corrected chi connectivity index (χ4v) is 2.37. The molecule has 0 saturated carbocycles. The first-order valence-corrected chi connectivity index (χ1v) is 6.95. The highest BCUT2D eigenvalue weighted by atomic mass is 16.5. The molecule has 5 nitrogen and oxygen atoms in total. The molecule has 1 amide bonds. The zero-order valence-electron chi connectivity index (χ0n) is 11.2. The lowest BCUT2D eigenvalue weighted by Gasteiger charge is -2.18. The van der Waals surface area contributed by atoms with E-state index in [4.69, 9.17) is 15.6 Å². The van der Waals surface area contributed by atoms with Crippen LogP contribution in [0.25, 0.3) is 0 Å². The summed E-state index contributed by atoms with van der Waals surface area (Å²) in [6, 6.07) is 0. The van der Waals surface area contributed by atoms with Crippen molar-refractivity contribution in [1.29, 1.82) is 0 Å². The van der Waals surface area contributed by atoms with Crippen molar-refractivity contribution in [3.8, 4) is 0 Å². The normalized spacial score (nSPS) is 25.1. The molecule has 1 saturated heterocycles. The maximum Gasteiger partial charge on any atom is 0.249 e. The second kappa shape index (κ2) is 8.45. The van der Waals surface area contributed by atoms with E-state index >= 15 is 0 Å². The van der Waals surface area contributed by atoms with Gasteiger partial charge in [0.2, 0.25) is 5.91 Å². The average Bonchev–Trinajstić information content (AvgIpc) is 2.85. The standard InChI is InChI=1S/C13H26N2O3/c1-2-3-10(6-7-16)9-15-13(17)12-5-4-11(8-14)18-12/h10-12,16H,2-9,14H2,1H3,(H,15,17). The molecule has 0 aliphatic carbocycles. The van der Waals surface area contributed by atoms with Crippen molar-refractivity contribution in [2.75, 3.05) is 19.7 Å². The van der Waals surface area contributed by atoms with Gasteiger partial charge in [-0.05, 0) is 31.6 Å². The molecule has 5 heteroatoms. The fraction of sp³-hybridized carbons (Fsp3) is 0.923. The molecular weight excluding hydrogens is 232 g/mol. The van der Waals surface area contributed by atoms with Crippen molar-refractivity contribution in [3.05, 3.63) is 0 Å². The number of hydrogen-bond donors (Lipinski definition) is 3. The molecule has 3 atom stereocenters. The van der Waals surface area contributed by atoms with Gasteiger partial charge < -0.3 is 20.9 Å². The van der Waals surface area contributed by atoms with Gasteiger partial charge in [0, 0.05) is 19.7 Å². The molecule has 3 unspecified atom stereocenters.